The molecule has 1 aromatic carbocycles. The summed E-state index contributed by atoms with van der Waals surface area (Å²) in [5.74, 6) is 0.00563. The first-order valence-corrected chi connectivity index (χ1v) is 6.80. The summed E-state index contributed by atoms with van der Waals surface area (Å²) < 4.78 is 0. The van der Waals surface area contributed by atoms with E-state index < -0.39 is 0 Å². The van der Waals surface area contributed by atoms with Crippen LogP contribution in [0.2, 0.25) is 0 Å². The quantitative estimate of drug-likeness (QED) is 0.783. The van der Waals surface area contributed by atoms with E-state index in [1.165, 1.54) is 5.56 Å². The molecule has 3 N–H and O–H groups in total. The summed E-state index contributed by atoms with van der Waals surface area (Å²) in [5.41, 5.74) is 7.98. The summed E-state index contributed by atoms with van der Waals surface area (Å²) in [5, 5.41) is 2.89. The minimum absolute atomic E-state index is 0.00563. The largest absolute Gasteiger partial charge is 0.352 e. The maximum absolute atomic E-state index is 11.5. The smallest absolute Gasteiger partial charge is 0.221 e. The number of nitrogens with zero attached hydrogens (tertiary/aromatic N) is 1. The predicted octanol–water partition coefficient (Wildman–Crippen LogP) is 1.49. The van der Waals surface area contributed by atoms with Gasteiger partial charge in [-0.15, -0.1) is 0 Å². The molecule has 1 rings (SSSR count). The standard InChI is InChI=1S/C15H25N3O/c1-4-18(3)11-14-7-5-6-13(9-14)10-17-15(19)8-12(2)16/h5-7,9,12H,4,8,10-11,16H2,1-3H3,(H,17,19). The van der Waals surface area contributed by atoms with Crippen LogP contribution in [0, 0.1) is 0 Å². The van der Waals surface area contributed by atoms with Gasteiger partial charge in [0.25, 0.3) is 0 Å². The van der Waals surface area contributed by atoms with Crippen LogP contribution in [0.5, 0.6) is 0 Å². The van der Waals surface area contributed by atoms with Gasteiger partial charge in [0.15, 0.2) is 0 Å². The SMILES string of the molecule is CCN(C)Cc1cccc(CNC(=O)CC(C)N)c1. The van der Waals surface area contributed by atoms with Crippen LogP contribution in [0.1, 0.15) is 31.4 Å². The van der Waals surface area contributed by atoms with Gasteiger partial charge in [-0.3, -0.25) is 4.79 Å². The van der Waals surface area contributed by atoms with E-state index in [2.05, 4.69) is 36.3 Å². The summed E-state index contributed by atoms with van der Waals surface area (Å²) in [4.78, 5) is 13.8. The van der Waals surface area contributed by atoms with Crippen LogP contribution in [0.25, 0.3) is 0 Å². The summed E-state index contributed by atoms with van der Waals surface area (Å²) in [6.07, 6.45) is 0.373. The lowest BCUT2D eigenvalue weighted by Gasteiger charge is -2.14. The molecule has 4 nitrogen and oxygen atoms in total. The summed E-state index contributed by atoms with van der Waals surface area (Å²) in [7, 11) is 2.09. The molecule has 0 fully saturated rings. The molecule has 0 aromatic heterocycles. The highest BCUT2D eigenvalue weighted by Crippen LogP contribution is 2.07. The molecule has 1 atom stereocenters. The molecule has 0 saturated heterocycles. The first-order valence-electron chi connectivity index (χ1n) is 6.80. The van der Waals surface area contributed by atoms with Gasteiger partial charge in [-0.1, -0.05) is 31.2 Å². The number of nitrogens with two attached hydrogens (primary N) is 1. The van der Waals surface area contributed by atoms with Crippen LogP contribution >= 0.6 is 0 Å². The average molecular weight is 263 g/mol. The first-order chi connectivity index (χ1) is 9.01. The zero-order chi connectivity index (χ0) is 14.3. The lowest BCUT2D eigenvalue weighted by molar-refractivity contribution is -0.121. The molecule has 0 aliphatic carbocycles. The number of hydrogen-bond acceptors (Lipinski definition) is 3. The Morgan fingerprint density at radius 3 is 2.74 bits per heavy atom. The van der Waals surface area contributed by atoms with Crippen LogP contribution in [0.3, 0.4) is 0 Å². The Labute approximate surface area is 116 Å². The highest BCUT2D eigenvalue weighted by atomic mass is 16.1. The van der Waals surface area contributed by atoms with Crippen molar-refractivity contribution in [2.75, 3.05) is 13.6 Å². The third kappa shape index (κ3) is 6.36. The van der Waals surface area contributed by atoms with Gasteiger partial charge in [0, 0.05) is 25.6 Å². The predicted molar refractivity (Wildman–Crippen MR) is 78.6 cm³/mol. The third-order valence-corrected chi connectivity index (χ3v) is 2.98. The fourth-order valence-electron chi connectivity index (χ4n) is 1.83. The average Bonchev–Trinajstić information content (AvgIpc) is 2.36. The first kappa shape index (κ1) is 15.7. The molecule has 19 heavy (non-hydrogen) atoms. The molecule has 1 amide bonds. The van der Waals surface area contributed by atoms with Gasteiger partial charge in [-0.2, -0.15) is 0 Å². The van der Waals surface area contributed by atoms with E-state index >= 15 is 0 Å². The fourth-order valence-corrected chi connectivity index (χ4v) is 1.83. The van der Waals surface area contributed by atoms with Crippen molar-refractivity contribution in [2.45, 2.75) is 39.4 Å². The second-order valence-corrected chi connectivity index (χ2v) is 5.11. The molecule has 1 aromatic rings. The normalized spacial score (nSPS) is 12.5. The molecule has 0 bridgehead atoms. The molecule has 1 unspecified atom stereocenters. The second-order valence-electron chi connectivity index (χ2n) is 5.11. The summed E-state index contributed by atoms with van der Waals surface area (Å²) in [6, 6.07) is 8.22. The van der Waals surface area contributed by atoms with E-state index in [0.717, 1.165) is 18.7 Å². The number of carbonyl (C=O) groups excluding carboxylic acids is 1. The summed E-state index contributed by atoms with van der Waals surface area (Å²) >= 11 is 0. The number of benzene rings is 1. The highest BCUT2D eigenvalue weighted by molar-refractivity contribution is 5.76. The lowest BCUT2D eigenvalue weighted by Crippen LogP contribution is -2.29. The van der Waals surface area contributed by atoms with E-state index in [1.54, 1.807) is 0 Å². The Kier molecular flexibility index (Phi) is 6.53. The summed E-state index contributed by atoms with van der Waals surface area (Å²) in [6.45, 7) is 6.49. The zero-order valence-electron chi connectivity index (χ0n) is 12.1. The number of amides is 1. The molecule has 0 aliphatic heterocycles. The van der Waals surface area contributed by atoms with Gasteiger partial charge in [0.1, 0.15) is 0 Å². The van der Waals surface area contributed by atoms with E-state index in [1.807, 2.05) is 19.1 Å². The monoisotopic (exact) mass is 263 g/mol. The van der Waals surface area contributed by atoms with Crippen molar-refractivity contribution in [2.24, 2.45) is 5.73 Å². The Bertz CT molecular complexity index is 404. The highest BCUT2D eigenvalue weighted by Gasteiger charge is 2.05. The Morgan fingerprint density at radius 2 is 2.11 bits per heavy atom. The van der Waals surface area contributed by atoms with Crippen LogP contribution in [-0.4, -0.2) is 30.4 Å². The van der Waals surface area contributed by atoms with Gasteiger partial charge >= 0.3 is 0 Å². The minimum Gasteiger partial charge on any atom is -0.352 e. The van der Waals surface area contributed by atoms with E-state index in [9.17, 15) is 4.79 Å². The van der Waals surface area contributed by atoms with Crippen molar-refractivity contribution in [3.8, 4) is 0 Å². The van der Waals surface area contributed by atoms with Crippen molar-refractivity contribution in [3.05, 3.63) is 35.4 Å². The molecule has 4 heteroatoms. The van der Waals surface area contributed by atoms with Gasteiger partial charge in [-0.05, 0) is 31.6 Å². The second kappa shape index (κ2) is 7.92. The minimum atomic E-state index is -0.0930. The van der Waals surface area contributed by atoms with E-state index in [4.69, 9.17) is 5.73 Å². The fraction of sp³-hybridized carbons (Fsp3) is 0.533. The Hall–Kier alpha value is -1.39. The van der Waals surface area contributed by atoms with E-state index in [-0.39, 0.29) is 11.9 Å². The third-order valence-electron chi connectivity index (χ3n) is 2.98. The van der Waals surface area contributed by atoms with Crippen LogP contribution in [0.4, 0.5) is 0 Å². The van der Waals surface area contributed by atoms with Crippen LogP contribution in [0.15, 0.2) is 24.3 Å². The van der Waals surface area contributed by atoms with Crippen LogP contribution in [-0.2, 0) is 17.9 Å². The number of hydrogen-bond donors (Lipinski definition) is 2. The van der Waals surface area contributed by atoms with Gasteiger partial charge < -0.3 is 16.0 Å². The molecule has 0 spiro atoms. The Morgan fingerprint density at radius 1 is 1.42 bits per heavy atom. The molecular formula is C15H25N3O. The number of nitrogens with one attached hydrogen (secondary N) is 1. The van der Waals surface area contributed by atoms with Gasteiger partial charge in [-0.25, -0.2) is 0 Å². The zero-order valence-corrected chi connectivity index (χ0v) is 12.1. The topological polar surface area (TPSA) is 58.4 Å². The van der Waals surface area contributed by atoms with Crippen molar-refractivity contribution < 1.29 is 4.79 Å². The number of rotatable bonds is 7. The molecule has 0 saturated carbocycles. The van der Waals surface area contributed by atoms with Gasteiger partial charge in [0.2, 0.25) is 5.91 Å². The maximum Gasteiger partial charge on any atom is 0.221 e. The molecule has 106 valence electrons. The van der Waals surface area contributed by atoms with Crippen LogP contribution < -0.4 is 11.1 Å². The van der Waals surface area contributed by atoms with Crippen molar-refractivity contribution in [1.82, 2.24) is 10.2 Å². The molecular weight excluding hydrogens is 238 g/mol. The van der Waals surface area contributed by atoms with Crippen molar-refractivity contribution in [3.63, 3.8) is 0 Å². The van der Waals surface area contributed by atoms with Crippen molar-refractivity contribution >= 4 is 5.91 Å². The van der Waals surface area contributed by atoms with Gasteiger partial charge in [0.05, 0.1) is 0 Å². The molecule has 0 radical (unpaired) electrons. The molecule has 0 heterocycles. The van der Waals surface area contributed by atoms with Crippen molar-refractivity contribution in [1.29, 1.82) is 0 Å². The maximum atomic E-state index is 11.5. The number of carbonyl (C=O) groups is 1. The van der Waals surface area contributed by atoms with E-state index in [0.29, 0.717) is 13.0 Å². The lowest BCUT2D eigenvalue weighted by atomic mass is 10.1. The molecule has 0 aliphatic rings. The Balaban J connectivity index is 2.50.